The molecule has 6 aromatic heterocycles. The van der Waals surface area contributed by atoms with Crippen molar-refractivity contribution in [2.45, 2.75) is 26.9 Å². The Morgan fingerprint density at radius 3 is 1.06 bits per heavy atom. The zero-order valence-electron chi connectivity index (χ0n) is 34.4. The molecule has 4 heteroatoms. The SMILES string of the molecule is CCn1c2ccccc2c2ccc3c(c4cccc5c6c(-c7ccccc7)c7c(c(-c8ccccc8)c6n3c54)c3cccc4c5c6c(ccc5n7c34)c3ccccc3n6CC)c21. The van der Waals surface area contributed by atoms with Crippen LogP contribution in [0.3, 0.4) is 0 Å². The van der Waals surface area contributed by atoms with E-state index in [1.54, 1.807) is 0 Å². The molecule has 0 aliphatic heterocycles. The molecule has 6 heterocycles. The van der Waals surface area contributed by atoms with Crippen molar-refractivity contribution in [3.8, 4) is 22.3 Å². The number of para-hydroxylation sites is 4. The molecule has 0 N–H and O–H groups in total. The van der Waals surface area contributed by atoms with Crippen LogP contribution in [-0.2, 0) is 13.1 Å². The molecule has 0 saturated heterocycles. The molecule has 9 aromatic carbocycles. The molecule has 15 aromatic rings. The number of aryl methyl sites for hydroxylation is 2. The van der Waals surface area contributed by atoms with Gasteiger partial charge in [-0.25, -0.2) is 0 Å². The van der Waals surface area contributed by atoms with Crippen LogP contribution in [0.5, 0.6) is 0 Å². The molecule has 0 aliphatic rings. The molecule has 62 heavy (non-hydrogen) atoms. The van der Waals surface area contributed by atoms with Crippen molar-refractivity contribution in [3.63, 3.8) is 0 Å². The van der Waals surface area contributed by atoms with Gasteiger partial charge in [-0.1, -0.05) is 146 Å². The van der Waals surface area contributed by atoms with Crippen LogP contribution in [0.1, 0.15) is 13.8 Å². The number of benzene rings is 9. The Labute approximate surface area is 355 Å². The number of hydrogen-bond donors (Lipinski definition) is 0. The number of hydrogen-bond acceptors (Lipinski definition) is 0. The van der Waals surface area contributed by atoms with Gasteiger partial charge in [0.25, 0.3) is 0 Å². The molecule has 0 amide bonds. The van der Waals surface area contributed by atoms with E-state index in [-0.39, 0.29) is 0 Å². The van der Waals surface area contributed by atoms with E-state index in [4.69, 9.17) is 0 Å². The fourth-order valence-electron chi connectivity index (χ4n) is 12.4. The third-order valence-corrected chi connectivity index (χ3v) is 14.6. The first kappa shape index (κ1) is 33.0. The maximum absolute atomic E-state index is 2.65. The molecule has 0 bridgehead atoms. The normalized spacial score (nSPS) is 12.8. The molecule has 0 aliphatic carbocycles. The molecule has 0 spiro atoms. The summed E-state index contributed by atoms with van der Waals surface area (Å²) in [5, 5.41) is 15.7. The zero-order valence-corrected chi connectivity index (χ0v) is 34.4. The lowest BCUT2D eigenvalue weighted by Crippen LogP contribution is -1.95. The second kappa shape index (κ2) is 11.5. The van der Waals surface area contributed by atoms with E-state index in [1.807, 2.05) is 0 Å². The van der Waals surface area contributed by atoms with Crippen molar-refractivity contribution in [2.24, 2.45) is 0 Å². The first-order valence-corrected chi connectivity index (χ1v) is 22.1. The van der Waals surface area contributed by atoms with Gasteiger partial charge in [0.05, 0.1) is 44.1 Å². The van der Waals surface area contributed by atoms with Gasteiger partial charge in [-0.3, -0.25) is 0 Å². The topological polar surface area (TPSA) is 18.7 Å². The summed E-state index contributed by atoms with van der Waals surface area (Å²) < 4.78 is 10.4. The smallest absolute Gasteiger partial charge is 0.0634 e. The van der Waals surface area contributed by atoms with E-state index < -0.39 is 0 Å². The predicted octanol–water partition coefficient (Wildman–Crippen LogP) is 15.6. The minimum atomic E-state index is 0.898. The highest BCUT2D eigenvalue weighted by atomic mass is 15.0. The van der Waals surface area contributed by atoms with Crippen molar-refractivity contribution in [2.75, 3.05) is 0 Å². The minimum absolute atomic E-state index is 0.898. The van der Waals surface area contributed by atoms with Crippen molar-refractivity contribution in [1.82, 2.24) is 17.9 Å². The Bertz CT molecular complexity index is 4100. The summed E-state index contributed by atoms with van der Waals surface area (Å²) in [4.78, 5) is 0. The highest BCUT2D eigenvalue weighted by Crippen LogP contribution is 2.55. The second-order valence-corrected chi connectivity index (χ2v) is 17.2. The number of nitrogens with zero attached hydrogens (tertiary/aromatic N) is 4. The van der Waals surface area contributed by atoms with Crippen LogP contribution in [0.25, 0.3) is 142 Å². The zero-order chi connectivity index (χ0) is 40.5. The fraction of sp³-hybridized carbons (Fsp3) is 0.0690. The van der Waals surface area contributed by atoms with Crippen molar-refractivity contribution < 1.29 is 0 Å². The van der Waals surface area contributed by atoms with Crippen molar-refractivity contribution in [3.05, 3.63) is 170 Å². The third-order valence-electron chi connectivity index (χ3n) is 14.6. The molecular formula is C58H38N4. The molecule has 0 atom stereocenters. The van der Waals surface area contributed by atoms with Gasteiger partial charge in [0.1, 0.15) is 0 Å². The van der Waals surface area contributed by atoms with Gasteiger partial charge in [-0.2, -0.15) is 0 Å². The summed E-state index contributed by atoms with van der Waals surface area (Å²) in [5.74, 6) is 0. The van der Waals surface area contributed by atoms with Gasteiger partial charge >= 0.3 is 0 Å². The summed E-state index contributed by atoms with van der Waals surface area (Å²) in [7, 11) is 0. The third kappa shape index (κ3) is 3.70. The van der Waals surface area contributed by atoms with Crippen LogP contribution < -0.4 is 0 Å². The standard InChI is InChI=1S/C58H38N4/c1-3-59-43-27-13-11-21-35(43)37-29-31-45-49(55(37)59)39-23-15-25-41-51-48(34-19-9-6-10-20-34)58-52(47(33-17-7-5-8-18-33)57(51)61(45)53(39)41)42-26-16-24-40-50-46(62(58)54(40)42)32-30-38-36-22-12-14-28-44(36)60(4-2)56(38)50/h5-32H,3-4H2,1-2H3. The Morgan fingerprint density at radius 1 is 0.274 bits per heavy atom. The van der Waals surface area contributed by atoms with E-state index >= 15 is 0 Å². The Morgan fingerprint density at radius 2 is 0.645 bits per heavy atom. The number of rotatable bonds is 4. The van der Waals surface area contributed by atoms with Crippen LogP contribution in [0.15, 0.2) is 170 Å². The van der Waals surface area contributed by atoms with Crippen LogP contribution in [0, 0.1) is 0 Å². The molecule has 4 nitrogen and oxygen atoms in total. The molecule has 0 unspecified atom stereocenters. The average Bonchev–Trinajstić information content (AvgIpc) is 4.16. The van der Waals surface area contributed by atoms with Gasteiger partial charge in [0.2, 0.25) is 0 Å². The Kier molecular flexibility index (Phi) is 6.12. The van der Waals surface area contributed by atoms with E-state index in [2.05, 4.69) is 202 Å². The Balaban J connectivity index is 1.25. The summed E-state index contributed by atoms with van der Waals surface area (Å²) in [6.07, 6.45) is 0. The largest absolute Gasteiger partial charge is 0.340 e. The van der Waals surface area contributed by atoms with Crippen molar-refractivity contribution >= 4 is 120 Å². The first-order chi connectivity index (χ1) is 30.8. The fourth-order valence-corrected chi connectivity index (χ4v) is 12.4. The maximum atomic E-state index is 2.65. The number of aromatic nitrogens is 4. The second-order valence-electron chi connectivity index (χ2n) is 17.2. The molecular weight excluding hydrogens is 753 g/mol. The van der Waals surface area contributed by atoms with E-state index in [0.717, 1.165) is 13.1 Å². The van der Waals surface area contributed by atoms with E-state index in [9.17, 15) is 0 Å². The number of fused-ring (bicyclic) bond motifs is 20. The van der Waals surface area contributed by atoms with Gasteiger partial charge < -0.3 is 17.9 Å². The van der Waals surface area contributed by atoms with E-state index in [1.165, 1.54) is 142 Å². The summed E-state index contributed by atoms with van der Waals surface area (Å²) in [5.41, 5.74) is 17.9. The summed E-state index contributed by atoms with van der Waals surface area (Å²) >= 11 is 0. The van der Waals surface area contributed by atoms with Crippen molar-refractivity contribution in [1.29, 1.82) is 0 Å². The lowest BCUT2D eigenvalue weighted by molar-refractivity contribution is 0.829. The lowest BCUT2D eigenvalue weighted by atomic mass is 9.89. The van der Waals surface area contributed by atoms with Gasteiger partial charge in [0.15, 0.2) is 0 Å². The molecule has 290 valence electrons. The van der Waals surface area contributed by atoms with Crippen LogP contribution in [0.2, 0.25) is 0 Å². The molecule has 0 radical (unpaired) electrons. The first-order valence-electron chi connectivity index (χ1n) is 22.1. The molecule has 0 saturated carbocycles. The monoisotopic (exact) mass is 790 g/mol. The lowest BCUT2D eigenvalue weighted by Gasteiger charge is -2.16. The van der Waals surface area contributed by atoms with Gasteiger partial charge in [0, 0.05) is 99.9 Å². The van der Waals surface area contributed by atoms with Crippen LogP contribution in [-0.4, -0.2) is 17.9 Å². The Hall–Kier alpha value is -7.82. The van der Waals surface area contributed by atoms with Crippen LogP contribution >= 0.6 is 0 Å². The quantitative estimate of drug-likeness (QED) is 0.169. The van der Waals surface area contributed by atoms with Gasteiger partial charge in [-0.15, -0.1) is 0 Å². The van der Waals surface area contributed by atoms with Crippen LogP contribution in [0.4, 0.5) is 0 Å². The van der Waals surface area contributed by atoms with Gasteiger partial charge in [-0.05, 0) is 49.2 Å². The minimum Gasteiger partial charge on any atom is -0.340 e. The highest BCUT2D eigenvalue weighted by molar-refractivity contribution is 6.40. The molecule has 0 fully saturated rings. The summed E-state index contributed by atoms with van der Waals surface area (Å²) in [6.45, 7) is 6.36. The summed E-state index contributed by atoms with van der Waals surface area (Å²) in [6, 6.07) is 64.0. The molecule has 15 rings (SSSR count). The van der Waals surface area contributed by atoms with E-state index in [0.29, 0.717) is 0 Å². The highest BCUT2D eigenvalue weighted by Gasteiger charge is 2.32. The maximum Gasteiger partial charge on any atom is 0.0634 e. The predicted molar refractivity (Wildman–Crippen MR) is 264 cm³/mol. The average molecular weight is 791 g/mol.